The Bertz CT molecular complexity index is 189. The number of aliphatic hydroxyl groups excluding tert-OH is 1. The third-order valence-electron chi connectivity index (χ3n) is 2.35. The summed E-state index contributed by atoms with van der Waals surface area (Å²) in [7, 11) is 0. The number of aliphatic hydroxyl groups is 2. The normalized spacial score (nSPS) is 16.9. The average molecular weight is 218 g/mol. The van der Waals surface area contributed by atoms with E-state index in [1.165, 1.54) is 6.92 Å². The number of carbonyl (C=O) groups is 1. The Kier molecular flexibility index (Phi) is 6.52. The molecule has 4 nitrogen and oxygen atoms in total. The van der Waals surface area contributed by atoms with E-state index in [4.69, 9.17) is 9.84 Å². The fraction of sp³-hybridized carbons (Fsp3) is 0.909. The number of rotatable bonds is 7. The van der Waals surface area contributed by atoms with Gasteiger partial charge in [0.2, 0.25) is 5.79 Å². The molecule has 0 aromatic carbocycles. The maximum Gasteiger partial charge on any atom is 0.311 e. The molecule has 2 atom stereocenters. The van der Waals surface area contributed by atoms with Gasteiger partial charge in [0, 0.05) is 6.92 Å². The first-order chi connectivity index (χ1) is 6.96. The molecule has 0 heterocycles. The molecule has 0 spiro atoms. The highest BCUT2D eigenvalue weighted by Gasteiger charge is 2.28. The Labute approximate surface area is 91.3 Å². The third kappa shape index (κ3) is 5.74. The topological polar surface area (TPSA) is 66.8 Å². The zero-order valence-corrected chi connectivity index (χ0v) is 9.82. The Morgan fingerprint density at radius 3 is 2.47 bits per heavy atom. The van der Waals surface area contributed by atoms with Crippen LogP contribution in [0.5, 0.6) is 0 Å². The first kappa shape index (κ1) is 14.4. The van der Waals surface area contributed by atoms with Crippen LogP contribution in [-0.4, -0.2) is 28.6 Å². The quantitative estimate of drug-likeness (QED) is 0.501. The van der Waals surface area contributed by atoms with Crippen molar-refractivity contribution in [1.82, 2.24) is 0 Å². The SMILES string of the molecule is CCCCC(CC)C(=O)OC(C)(O)CO. The molecule has 90 valence electrons. The van der Waals surface area contributed by atoms with Gasteiger partial charge >= 0.3 is 5.97 Å². The molecule has 0 aromatic rings. The van der Waals surface area contributed by atoms with Crippen molar-refractivity contribution in [3.05, 3.63) is 0 Å². The van der Waals surface area contributed by atoms with Crippen molar-refractivity contribution < 1.29 is 19.7 Å². The fourth-order valence-electron chi connectivity index (χ4n) is 1.27. The van der Waals surface area contributed by atoms with Crippen LogP contribution in [0, 0.1) is 5.92 Å². The molecule has 15 heavy (non-hydrogen) atoms. The first-order valence-electron chi connectivity index (χ1n) is 5.53. The second-order valence-electron chi connectivity index (χ2n) is 4.00. The predicted molar refractivity (Wildman–Crippen MR) is 57.1 cm³/mol. The van der Waals surface area contributed by atoms with E-state index in [0.717, 1.165) is 19.3 Å². The molecule has 0 radical (unpaired) electrons. The van der Waals surface area contributed by atoms with Crippen LogP contribution in [-0.2, 0) is 9.53 Å². The van der Waals surface area contributed by atoms with Crippen LogP contribution in [0.1, 0.15) is 46.5 Å². The van der Waals surface area contributed by atoms with Gasteiger partial charge in [-0.05, 0) is 12.8 Å². The zero-order valence-electron chi connectivity index (χ0n) is 9.82. The molecule has 0 aliphatic rings. The van der Waals surface area contributed by atoms with Crippen LogP contribution in [0.25, 0.3) is 0 Å². The number of hydrogen-bond donors (Lipinski definition) is 2. The summed E-state index contributed by atoms with van der Waals surface area (Å²) < 4.78 is 4.80. The van der Waals surface area contributed by atoms with Gasteiger partial charge < -0.3 is 14.9 Å². The minimum atomic E-state index is -1.75. The van der Waals surface area contributed by atoms with E-state index in [-0.39, 0.29) is 5.92 Å². The minimum Gasteiger partial charge on any atom is -0.431 e. The Morgan fingerprint density at radius 2 is 2.07 bits per heavy atom. The van der Waals surface area contributed by atoms with Gasteiger partial charge in [0.05, 0.1) is 5.92 Å². The molecular weight excluding hydrogens is 196 g/mol. The molecule has 0 aliphatic carbocycles. The molecular formula is C11H22O4. The van der Waals surface area contributed by atoms with Crippen molar-refractivity contribution >= 4 is 5.97 Å². The zero-order chi connectivity index (χ0) is 11.9. The van der Waals surface area contributed by atoms with Crippen molar-refractivity contribution in [2.75, 3.05) is 6.61 Å². The predicted octanol–water partition coefficient (Wildman–Crippen LogP) is 1.45. The van der Waals surface area contributed by atoms with Crippen LogP contribution < -0.4 is 0 Å². The highest BCUT2D eigenvalue weighted by atomic mass is 16.7. The van der Waals surface area contributed by atoms with Crippen LogP contribution >= 0.6 is 0 Å². The van der Waals surface area contributed by atoms with Gasteiger partial charge in [0.25, 0.3) is 0 Å². The molecule has 2 N–H and O–H groups in total. The standard InChI is InChI=1S/C11H22O4/c1-4-6-7-9(5-2)10(13)15-11(3,14)8-12/h9,12,14H,4-8H2,1-3H3. The maximum absolute atomic E-state index is 11.6. The van der Waals surface area contributed by atoms with Crippen LogP contribution in [0.2, 0.25) is 0 Å². The molecule has 0 fully saturated rings. The van der Waals surface area contributed by atoms with E-state index < -0.39 is 18.4 Å². The average Bonchev–Trinajstić information content (AvgIpc) is 2.18. The van der Waals surface area contributed by atoms with Crippen molar-refractivity contribution in [1.29, 1.82) is 0 Å². The Morgan fingerprint density at radius 1 is 1.47 bits per heavy atom. The highest BCUT2D eigenvalue weighted by molar-refractivity contribution is 5.72. The molecule has 2 unspecified atom stereocenters. The monoisotopic (exact) mass is 218 g/mol. The third-order valence-corrected chi connectivity index (χ3v) is 2.35. The summed E-state index contributed by atoms with van der Waals surface area (Å²) >= 11 is 0. The first-order valence-corrected chi connectivity index (χ1v) is 5.53. The smallest absolute Gasteiger partial charge is 0.311 e. The maximum atomic E-state index is 11.6. The summed E-state index contributed by atoms with van der Waals surface area (Å²) in [6.07, 6.45) is 3.46. The fourth-order valence-corrected chi connectivity index (χ4v) is 1.27. The Balaban J connectivity index is 4.15. The molecule has 0 saturated heterocycles. The van der Waals surface area contributed by atoms with Crippen LogP contribution in [0.3, 0.4) is 0 Å². The lowest BCUT2D eigenvalue weighted by molar-refractivity contribution is -0.218. The lowest BCUT2D eigenvalue weighted by Gasteiger charge is -2.23. The molecule has 4 heteroatoms. The van der Waals surface area contributed by atoms with Gasteiger partial charge in [0.15, 0.2) is 0 Å². The molecule has 0 saturated carbocycles. The minimum absolute atomic E-state index is 0.178. The largest absolute Gasteiger partial charge is 0.431 e. The summed E-state index contributed by atoms with van der Waals surface area (Å²) in [6.45, 7) is 4.66. The van der Waals surface area contributed by atoms with Gasteiger partial charge in [-0.1, -0.05) is 26.7 Å². The number of ether oxygens (including phenoxy) is 1. The molecule has 0 bridgehead atoms. The second kappa shape index (κ2) is 6.80. The second-order valence-corrected chi connectivity index (χ2v) is 4.00. The van der Waals surface area contributed by atoms with Crippen molar-refractivity contribution in [3.8, 4) is 0 Å². The summed E-state index contributed by atoms with van der Waals surface area (Å²) in [5.74, 6) is -2.36. The van der Waals surface area contributed by atoms with E-state index in [1.54, 1.807) is 0 Å². The lowest BCUT2D eigenvalue weighted by atomic mass is 9.99. The summed E-state index contributed by atoms with van der Waals surface area (Å²) in [5.41, 5.74) is 0. The molecule has 0 amide bonds. The van der Waals surface area contributed by atoms with E-state index in [2.05, 4.69) is 6.92 Å². The van der Waals surface area contributed by atoms with Gasteiger partial charge in [-0.3, -0.25) is 4.79 Å². The van der Waals surface area contributed by atoms with Gasteiger partial charge in [-0.2, -0.15) is 0 Å². The summed E-state index contributed by atoms with van der Waals surface area (Å²) in [4.78, 5) is 11.6. The van der Waals surface area contributed by atoms with E-state index in [9.17, 15) is 9.90 Å². The number of esters is 1. The molecule has 0 rings (SSSR count). The van der Waals surface area contributed by atoms with E-state index >= 15 is 0 Å². The van der Waals surface area contributed by atoms with Gasteiger partial charge in [-0.15, -0.1) is 0 Å². The van der Waals surface area contributed by atoms with Crippen molar-refractivity contribution in [2.24, 2.45) is 5.92 Å². The lowest BCUT2D eigenvalue weighted by Crippen LogP contribution is -2.37. The van der Waals surface area contributed by atoms with Gasteiger partial charge in [-0.25, -0.2) is 0 Å². The highest BCUT2D eigenvalue weighted by Crippen LogP contribution is 2.17. The molecule has 0 aliphatic heterocycles. The number of unbranched alkanes of at least 4 members (excludes halogenated alkanes) is 1. The van der Waals surface area contributed by atoms with E-state index in [1.807, 2.05) is 6.92 Å². The summed E-state index contributed by atoms with van der Waals surface area (Å²) in [5, 5.41) is 18.1. The van der Waals surface area contributed by atoms with Gasteiger partial charge in [0.1, 0.15) is 6.61 Å². The van der Waals surface area contributed by atoms with Crippen LogP contribution in [0.15, 0.2) is 0 Å². The van der Waals surface area contributed by atoms with Crippen LogP contribution in [0.4, 0.5) is 0 Å². The Hall–Kier alpha value is -0.610. The number of hydrogen-bond acceptors (Lipinski definition) is 4. The molecule has 0 aromatic heterocycles. The summed E-state index contributed by atoms with van der Waals surface area (Å²) in [6, 6.07) is 0. The van der Waals surface area contributed by atoms with Crippen molar-refractivity contribution in [2.45, 2.75) is 52.2 Å². The van der Waals surface area contributed by atoms with Crippen molar-refractivity contribution in [3.63, 3.8) is 0 Å². The van der Waals surface area contributed by atoms with E-state index in [0.29, 0.717) is 6.42 Å². The number of carbonyl (C=O) groups excluding carboxylic acids is 1.